The zero-order valence-electron chi connectivity index (χ0n) is 21.9. The van der Waals surface area contributed by atoms with Crippen molar-refractivity contribution < 1.29 is 42.2 Å². The van der Waals surface area contributed by atoms with E-state index >= 15 is 0 Å². The summed E-state index contributed by atoms with van der Waals surface area (Å²) in [5, 5.41) is 0.448. The van der Waals surface area contributed by atoms with E-state index in [1.165, 1.54) is 5.56 Å². The molecule has 0 fully saturated rings. The van der Waals surface area contributed by atoms with Crippen LogP contribution in [0.3, 0.4) is 0 Å². The van der Waals surface area contributed by atoms with Gasteiger partial charge in [0.15, 0.2) is 0 Å². The molecular weight excluding hydrogens is 532 g/mol. The number of rotatable bonds is 7. The molecule has 0 N–H and O–H groups in total. The van der Waals surface area contributed by atoms with E-state index in [2.05, 4.69) is 61.1 Å². The molecule has 2 heterocycles. The molecule has 0 saturated carbocycles. The van der Waals surface area contributed by atoms with Gasteiger partial charge in [0.2, 0.25) is 0 Å². The molecule has 2 aromatic heterocycles. The van der Waals surface area contributed by atoms with E-state index < -0.39 is 10.1 Å². The van der Waals surface area contributed by atoms with Crippen LogP contribution in [0, 0.1) is 0 Å². The number of benzene rings is 2. The molecule has 0 saturated heterocycles. The Morgan fingerprint density at radius 1 is 0.784 bits per heavy atom. The van der Waals surface area contributed by atoms with Crippen LogP contribution in [-0.2, 0) is 33.5 Å². The van der Waals surface area contributed by atoms with Gasteiger partial charge in [-0.2, -0.15) is 26.4 Å². The average molecular weight is 563 g/mol. The molecule has 37 heavy (non-hydrogen) atoms. The Kier molecular flexibility index (Phi) is 16.0. The molecule has 0 amide bonds. The Morgan fingerprint density at radius 2 is 1.27 bits per heavy atom. The zero-order chi connectivity index (χ0) is 26.4. The number of nitrogens with zero attached hydrogens (tertiary/aromatic N) is 2. The smallest absolute Gasteiger partial charge is 0.796 e. The fraction of sp³-hybridized carbons (Fsp3) is 0.214. The van der Waals surface area contributed by atoms with Crippen molar-refractivity contribution in [3.8, 4) is 22.5 Å². The van der Waals surface area contributed by atoms with E-state index in [-0.39, 0.29) is 36.2 Å². The van der Waals surface area contributed by atoms with E-state index in [1.807, 2.05) is 72.4 Å². The van der Waals surface area contributed by atoms with Gasteiger partial charge < -0.3 is 12.6 Å². The zero-order valence-corrected chi connectivity index (χ0v) is 26.3. The Labute approximate surface area is 253 Å². The molecule has 9 heteroatoms. The molecule has 190 valence electrons. The molecule has 0 aliphatic carbocycles. The minimum absolute atomic E-state index is 0. The number of thioether (sulfide) groups is 1. The summed E-state index contributed by atoms with van der Waals surface area (Å²) in [4.78, 5) is 9.05. The number of hydrogen-bond donors (Lipinski definition) is 0. The normalized spacial score (nSPS) is 11.1. The Balaban J connectivity index is 0.000000340. The summed E-state index contributed by atoms with van der Waals surface area (Å²) < 4.78 is 26.5. The summed E-state index contributed by atoms with van der Waals surface area (Å²) in [6, 6.07) is 31.7. The molecule has 0 bridgehead atoms. The number of hydrogen-bond acceptors (Lipinski definition) is 7. The summed E-state index contributed by atoms with van der Waals surface area (Å²) in [5.41, 5.74) is 5.75. The SMILES string of the molecule is CS(=O)(=O)OCc1cccc(-c2ccccc2)n1.CSC(C)c1cccc(-c2ccccc2)n1.C[S-].[Na+]. The summed E-state index contributed by atoms with van der Waals surface area (Å²) in [7, 11) is -3.44. The molecular formula is C28H31N2NaO3S3. The van der Waals surface area contributed by atoms with Crippen LogP contribution in [0.25, 0.3) is 22.5 Å². The van der Waals surface area contributed by atoms with Gasteiger partial charge in [0.05, 0.1) is 29.0 Å². The molecule has 1 atom stereocenters. The maximum absolute atomic E-state index is 10.9. The standard InChI is InChI=1S/C14H15NS.C13H13NO3S.CH4S.Na/c1-11(16-2)13-9-6-10-14(15-13)12-7-4-3-5-8-12;1-18(15,16)17-10-12-8-5-9-13(14-12)11-6-3-2-4-7-11;1-2;/h3-11H,1-2H3;2-9H,10H2,1H3;2H,1H3;/q;;;+1/p-1. The third kappa shape index (κ3) is 12.2. The van der Waals surface area contributed by atoms with Gasteiger partial charge in [0.1, 0.15) is 6.61 Å². The molecule has 2 aromatic carbocycles. The maximum Gasteiger partial charge on any atom is 1.00 e. The van der Waals surface area contributed by atoms with Gasteiger partial charge in [-0.3, -0.25) is 14.2 Å². The van der Waals surface area contributed by atoms with Gasteiger partial charge in [-0.25, -0.2) is 0 Å². The first-order valence-corrected chi connectivity index (χ1v) is 15.1. The minimum Gasteiger partial charge on any atom is -0.796 e. The quantitative estimate of drug-likeness (QED) is 0.194. The molecule has 0 aliphatic rings. The second kappa shape index (κ2) is 17.8. The van der Waals surface area contributed by atoms with E-state index in [1.54, 1.807) is 12.3 Å². The Morgan fingerprint density at radius 3 is 1.76 bits per heavy atom. The van der Waals surface area contributed by atoms with Crippen LogP contribution in [0.4, 0.5) is 0 Å². The van der Waals surface area contributed by atoms with Crippen molar-refractivity contribution in [1.29, 1.82) is 0 Å². The fourth-order valence-electron chi connectivity index (χ4n) is 3.07. The van der Waals surface area contributed by atoms with Crippen LogP contribution in [0.1, 0.15) is 23.6 Å². The summed E-state index contributed by atoms with van der Waals surface area (Å²) >= 11 is 5.90. The second-order valence-corrected chi connectivity index (χ2v) is 10.4. The van der Waals surface area contributed by atoms with Gasteiger partial charge in [-0.15, -0.1) is 0 Å². The third-order valence-corrected chi connectivity index (χ3v) is 6.40. The first-order valence-electron chi connectivity index (χ1n) is 11.2. The molecule has 1 unspecified atom stereocenters. The van der Waals surface area contributed by atoms with Crippen LogP contribution in [0.5, 0.6) is 0 Å². The third-order valence-electron chi connectivity index (χ3n) is 4.91. The van der Waals surface area contributed by atoms with Gasteiger partial charge in [-0.1, -0.05) is 72.8 Å². The fourth-order valence-corrected chi connectivity index (χ4v) is 3.77. The van der Waals surface area contributed by atoms with Gasteiger partial charge >= 0.3 is 29.6 Å². The first kappa shape index (κ1) is 33.4. The van der Waals surface area contributed by atoms with E-state index in [4.69, 9.17) is 9.17 Å². The van der Waals surface area contributed by atoms with Crippen LogP contribution in [0.15, 0.2) is 97.1 Å². The molecule has 4 aromatic rings. The van der Waals surface area contributed by atoms with E-state index in [9.17, 15) is 8.42 Å². The van der Waals surface area contributed by atoms with Crippen molar-refractivity contribution in [2.75, 3.05) is 18.8 Å². The first-order chi connectivity index (χ1) is 17.4. The molecule has 0 radical (unpaired) electrons. The van der Waals surface area contributed by atoms with Crippen molar-refractivity contribution in [2.24, 2.45) is 0 Å². The van der Waals surface area contributed by atoms with E-state index in [0.29, 0.717) is 10.9 Å². The number of aromatic nitrogens is 2. The van der Waals surface area contributed by atoms with Gasteiger partial charge in [0.25, 0.3) is 10.1 Å². The van der Waals surface area contributed by atoms with Crippen molar-refractivity contribution >= 4 is 34.5 Å². The summed E-state index contributed by atoms with van der Waals surface area (Å²) in [6.45, 7) is 2.14. The molecule has 5 nitrogen and oxygen atoms in total. The molecule has 0 spiro atoms. The van der Waals surface area contributed by atoms with Crippen LogP contribution < -0.4 is 29.6 Å². The Hall–Kier alpha value is -1.65. The van der Waals surface area contributed by atoms with E-state index in [0.717, 1.165) is 28.9 Å². The minimum atomic E-state index is -3.44. The Bertz CT molecular complexity index is 1290. The van der Waals surface area contributed by atoms with Gasteiger partial charge in [0, 0.05) is 16.4 Å². The predicted molar refractivity (Wildman–Crippen MR) is 154 cm³/mol. The van der Waals surface area contributed by atoms with Crippen LogP contribution in [-0.4, -0.2) is 37.2 Å². The van der Waals surface area contributed by atoms with Crippen molar-refractivity contribution in [3.05, 3.63) is 108 Å². The number of pyridine rings is 2. The van der Waals surface area contributed by atoms with Crippen molar-refractivity contribution in [1.82, 2.24) is 9.97 Å². The van der Waals surface area contributed by atoms with Crippen LogP contribution >= 0.6 is 11.8 Å². The van der Waals surface area contributed by atoms with Crippen molar-refractivity contribution in [3.63, 3.8) is 0 Å². The molecule has 4 rings (SSSR count). The second-order valence-electron chi connectivity index (χ2n) is 7.54. The van der Waals surface area contributed by atoms with Crippen molar-refractivity contribution in [2.45, 2.75) is 18.8 Å². The van der Waals surface area contributed by atoms with Gasteiger partial charge in [-0.05, 0) is 37.4 Å². The monoisotopic (exact) mass is 562 g/mol. The summed E-state index contributed by atoms with van der Waals surface area (Å²) in [5.74, 6) is 0. The topological polar surface area (TPSA) is 69.2 Å². The predicted octanol–water partition coefficient (Wildman–Crippen LogP) is 3.56. The molecule has 0 aliphatic heterocycles. The largest absolute Gasteiger partial charge is 1.00 e. The maximum atomic E-state index is 10.9. The summed E-state index contributed by atoms with van der Waals surface area (Å²) in [6.07, 6.45) is 4.72. The average Bonchev–Trinajstić information content (AvgIpc) is 2.94. The van der Waals surface area contributed by atoms with Crippen LogP contribution in [0.2, 0.25) is 0 Å².